The van der Waals surface area contributed by atoms with E-state index in [1.807, 2.05) is 54.6 Å². The van der Waals surface area contributed by atoms with Gasteiger partial charge in [-0.25, -0.2) is 0 Å². The third kappa shape index (κ3) is 4.16. The number of hydrogen-bond acceptors (Lipinski definition) is 4. The number of methoxy groups -OCH3 is 2. The van der Waals surface area contributed by atoms with Gasteiger partial charge in [-0.05, 0) is 47.4 Å². The van der Waals surface area contributed by atoms with E-state index in [2.05, 4.69) is 28.4 Å². The molecule has 1 heterocycles. The van der Waals surface area contributed by atoms with Gasteiger partial charge in [-0.1, -0.05) is 48.5 Å². The van der Waals surface area contributed by atoms with E-state index in [9.17, 15) is 4.79 Å². The van der Waals surface area contributed by atoms with Crippen LogP contribution in [-0.2, 0) is 11.2 Å². The van der Waals surface area contributed by atoms with E-state index in [1.165, 1.54) is 5.56 Å². The summed E-state index contributed by atoms with van der Waals surface area (Å²) in [5, 5.41) is 3.00. The minimum atomic E-state index is -0.0312. The lowest BCUT2D eigenvalue weighted by Gasteiger charge is -2.37. The van der Waals surface area contributed by atoms with Crippen LogP contribution in [0.4, 0.5) is 5.69 Å². The number of amides is 1. The van der Waals surface area contributed by atoms with Crippen molar-refractivity contribution in [2.75, 3.05) is 32.6 Å². The summed E-state index contributed by atoms with van der Waals surface area (Å²) in [4.78, 5) is 15.0. The maximum Gasteiger partial charge on any atom is 0.238 e. The molecule has 1 N–H and O–H groups in total. The Morgan fingerprint density at radius 1 is 0.967 bits per heavy atom. The van der Waals surface area contributed by atoms with Gasteiger partial charge in [-0.3, -0.25) is 9.69 Å². The fourth-order valence-electron chi connectivity index (χ4n) is 4.10. The number of carbonyl (C=O) groups is 1. The fourth-order valence-corrected chi connectivity index (χ4v) is 4.10. The second kappa shape index (κ2) is 9.01. The zero-order valence-electron chi connectivity index (χ0n) is 17.3. The van der Waals surface area contributed by atoms with E-state index in [0.29, 0.717) is 12.3 Å². The highest BCUT2D eigenvalue weighted by Crippen LogP contribution is 2.40. The third-order valence-electron chi connectivity index (χ3n) is 5.49. The summed E-state index contributed by atoms with van der Waals surface area (Å²) >= 11 is 0. The molecule has 154 valence electrons. The molecule has 4 rings (SSSR count). The lowest BCUT2D eigenvalue weighted by molar-refractivity contribution is -0.117. The number of nitrogens with one attached hydrogen (secondary N) is 1. The Hall–Kier alpha value is -3.31. The highest BCUT2D eigenvalue weighted by Gasteiger charge is 2.31. The molecule has 30 heavy (non-hydrogen) atoms. The quantitative estimate of drug-likeness (QED) is 0.668. The molecule has 0 saturated carbocycles. The molecule has 0 aliphatic carbocycles. The molecular formula is C25H26N2O3. The normalized spacial score (nSPS) is 15.9. The van der Waals surface area contributed by atoms with Crippen LogP contribution in [0.15, 0.2) is 72.8 Å². The summed E-state index contributed by atoms with van der Waals surface area (Å²) in [6.45, 7) is 1.09. The molecule has 0 aromatic heterocycles. The number of para-hydroxylation sites is 1. The van der Waals surface area contributed by atoms with Crippen LogP contribution in [0, 0.1) is 0 Å². The highest BCUT2D eigenvalue weighted by atomic mass is 16.5. The molecule has 3 aromatic carbocycles. The molecule has 0 spiro atoms. The van der Waals surface area contributed by atoms with E-state index < -0.39 is 0 Å². The Morgan fingerprint density at radius 3 is 2.27 bits per heavy atom. The predicted molar refractivity (Wildman–Crippen MR) is 118 cm³/mol. The lowest BCUT2D eigenvalue weighted by atomic mass is 9.87. The van der Waals surface area contributed by atoms with Crippen LogP contribution in [0.5, 0.6) is 11.5 Å². The molecule has 0 radical (unpaired) electrons. The third-order valence-corrected chi connectivity index (χ3v) is 5.49. The van der Waals surface area contributed by atoms with Crippen molar-refractivity contribution in [2.24, 2.45) is 0 Å². The van der Waals surface area contributed by atoms with Gasteiger partial charge in [-0.2, -0.15) is 0 Å². The Balaban J connectivity index is 1.66. The Kier molecular flexibility index (Phi) is 6.00. The van der Waals surface area contributed by atoms with E-state index >= 15 is 0 Å². The van der Waals surface area contributed by atoms with Gasteiger partial charge in [0.15, 0.2) is 11.5 Å². The Bertz CT molecular complexity index is 1010. The molecule has 5 nitrogen and oxygen atoms in total. The standard InChI is InChI=1S/C25H26N2O3/c1-29-22-15-19-13-14-27(17-24(28)26-20-11-7-4-8-12-20)25(18-9-5-3-6-10-18)21(19)16-23(22)30-2/h3-12,15-16,25H,13-14,17H2,1-2H3,(H,26,28)/t25-/m1/s1. The zero-order valence-corrected chi connectivity index (χ0v) is 17.3. The van der Waals surface area contributed by atoms with Crippen molar-refractivity contribution in [1.82, 2.24) is 4.90 Å². The van der Waals surface area contributed by atoms with Gasteiger partial charge in [0.25, 0.3) is 0 Å². The Morgan fingerprint density at radius 2 is 1.60 bits per heavy atom. The summed E-state index contributed by atoms with van der Waals surface area (Å²) in [7, 11) is 3.30. The van der Waals surface area contributed by atoms with Crippen LogP contribution in [0.25, 0.3) is 0 Å². The van der Waals surface area contributed by atoms with Gasteiger partial charge in [0, 0.05) is 12.2 Å². The van der Waals surface area contributed by atoms with Gasteiger partial charge in [-0.15, -0.1) is 0 Å². The summed E-state index contributed by atoms with van der Waals surface area (Å²) < 4.78 is 11.1. The molecule has 0 unspecified atom stereocenters. The van der Waals surface area contributed by atoms with Gasteiger partial charge < -0.3 is 14.8 Å². The van der Waals surface area contributed by atoms with Crippen LogP contribution >= 0.6 is 0 Å². The zero-order chi connectivity index (χ0) is 20.9. The van der Waals surface area contributed by atoms with Crippen molar-refractivity contribution >= 4 is 11.6 Å². The fraction of sp³-hybridized carbons (Fsp3) is 0.240. The van der Waals surface area contributed by atoms with Crippen LogP contribution in [-0.4, -0.2) is 38.1 Å². The Labute approximate surface area is 177 Å². The average molecular weight is 402 g/mol. The number of anilines is 1. The number of ether oxygens (including phenoxy) is 2. The van der Waals surface area contributed by atoms with E-state index in [4.69, 9.17) is 9.47 Å². The van der Waals surface area contributed by atoms with Crippen molar-refractivity contribution in [2.45, 2.75) is 12.5 Å². The van der Waals surface area contributed by atoms with E-state index in [1.54, 1.807) is 14.2 Å². The van der Waals surface area contributed by atoms with Gasteiger partial charge in [0.1, 0.15) is 0 Å². The highest BCUT2D eigenvalue weighted by molar-refractivity contribution is 5.92. The monoisotopic (exact) mass is 402 g/mol. The molecule has 0 fully saturated rings. The number of benzene rings is 3. The van der Waals surface area contributed by atoms with Crippen molar-refractivity contribution in [1.29, 1.82) is 0 Å². The smallest absolute Gasteiger partial charge is 0.238 e. The molecule has 1 aliphatic rings. The van der Waals surface area contributed by atoms with Gasteiger partial charge in [0.2, 0.25) is 5.91 Å². The van der Waals surface area contributed by atoms with Crippen molar-refractivity contribution in [3.63, 3.8) is 0 Å². The van der Waals surface area contributed by atoms with Crippen LogP contribution < -0.4 is 14.8 Å². The first-order valence-electron chi connectivity index (χ1n) is 10.1. The summed E-state index contributed by atoms with van der Waals surface area (Å²) in [5.74, 6) is 1.41. The molecule has 1 amide bonds. The molecular weight excluding hydrogens is 376 g/mol. The topological polar surface area (TPSA) is 50.8 Å². The number of rotatable bonds is 6. The second-order valence-electron chi connectivity index (χ2n) is 7.35. The average Bonchev–Trinajstić information content (AvgIpc) is 2.79. The minimum Gasteiger partial charge on any atom is -0.493 e. The van der Waals surface area contributed by atoms with E-state index in [0.717, 1.165) is 35.5 Å². The SMILES string of the molecule is COc1cc2c(cc1OC)[C@@H](c1ccccc1)N(CC(=O)Nc1ccccc1)CC2. The van der Waals surface area contributed by atoms with Crippen LogP contribution in [0.3, 0.4) is 0 Å². The number of fused-ring (bicyclic) bond motifs is 1. The van der Waals surface area contributed by atoms with Crippen LogP contribution in [0.2, 0.25) is 0 Å². The summed E-state index contributed by atoms with van der Waals surface area (Å²) in [6.07, 6.45) is 0.845. The maximum atomic E-state index is 12.8. The largest absolute Gasteiger partial charge is 0.493 e. The number of carbonyl (C=O) groups excluding carboxylic acids is 1. The molecule has 5 heteroatoms. The van der Waals surface area contributed by atoms with Crippen LogP contribution in [0.1, 0.15) is 22.7 Å². The minimum absolute atomic E-state index is 0.0222. The van der Waals surface area contributed by atoms with Crippen molar-refractivity contribution in [3.8, 4) is 11.5 Å². The summed E-state index contributed by atoms with van der Waals surface area (Å²) in [5.41, 5.74) is 4.33. The molecule has 1 atom stereocenters. The van der Waals surface area contributed by atoms with Gasteiger partial charge >= 0.3 is 0 Å². The number of hydrogen-bond donors (Lipinski definition) is 1. The summed E-state index contributed by atoms with van der Waals surface area (Å²) in [6, 6.07) is 23.9. The predicted octanol–water partition coefficient (Wildman–Crippen LogP) is 4.29. The van der Waals surface area contributed by atoms with E-state index in [-0.39, 0.29) is 11.9 Å². The van der Waals surface area contributed by atoms with Crippen molar-refractivity contribution in [3.05, 3.63) is 89.5 Å². The number of nitrogens with zero attached hydrogens (tertiary/aromatic N) is 1. The molecule has 0 saturated heterocycles. The second-order valence-corrected chi connectivity index (χ2v) is 7.35. The molecule has 0 bridgehead atoms. The maximum absolute atomic E-state index is 12.8. The lowest BCUT2D eigenvalue weighted by Crippen LogP contribution is -2.41. The van der Waals surface area contributed by atoms with Crippen molar-refractivity contribution < 1.29 is 14.3 Å². The molecule has 1 aliphatic heterocycles. The first kappa shape index (κ1) is 20.0. The van der Waals surface area contributed by atoms with Gasteiger partial charge in [0.05, 0.1) is 26.8 Å². The first-order chi connectivity index (χ1) is 14.7. The first-order valence-corrected chi connectivity index (χ1v) is 10.1. The molecule has 3 aromatic rings.